The van der Waals surface area contributed by atoms with Gasteiger partial charge in [-0.15, -0.1) is 0 Å². The summed E-state index contributed by atoms with van der Waals surface area (Å²) in [5, 5.41) is 3.05. The minimum Gasteiger partial charge on any atom is -0.439 e. The van der Waals surface area contributed by atoms with Gasteiger partial charge >= 0.3 is 6.09 Å². The molecule has 0 bridgehead atoms. The number of pyridine rings is 1. The number of benzene rings is 1. The average Bonchev–Trinajstić information content (AvgIpc) is 2.82. The highest BCUT2D eigenvalue weighted by Crippen LogP contribution is 2.36. The van der Waals surface area contributed by atoms with E-state index in [4.69, 9.17) is 16.3 Å². The van der Waals surface area contributed by atoms with Crippen LogP contribution in [0.4, 0.5) is 9.18 Å². The van der Waals surface area contributed by atoms with Crippen LogP contribution in [0.1, 0.15) is 23.3 Å². The number of carbonyl (C=O) groups excluding carboxylic acids is 1. The van der Waals surface area contributed by atoms with Crippen molar-refractivity contribution in [1.29, 1.82) is 0 Å². The SMILES string of the molecule is O=C1N[C@H](c2ccc(Cl)nc2)[C@@H](c2cccc(F)c2)O1. The zero-order valence-corrected chi connectivity index (χ0v) is 11.0. The number of halogens is 2. The second-order valence-electron chi connectivity index (χ2n) is 4.42. The van der Waals surface area contributed by atoms with Gasteiger partial charge in [0.25, 0.3) is 0 Å². The maximum Gasteiger partial charge on any atom is 0.408 e. The molecule has 1 N–H and O–H groups in total. The van der Waals surface area contributed by atoms with E-state index >= 15 is 0 Å². The van der Waals surface area contributed by atoms with E-state index in [-0.39, 0.29) is 5.82 Å². The molecule has 4 nitrogen and oxygen atoms in total. The van der Waals surface area contributed by atoms with Gasteiger partial charge in [0.15, 0.2) is 6.10 Å². The van der Waals surface area contributed by atoms with E-state index in [0.717, 1.165) is 5.56 Å². The van der Waals surface area contributed by atoms with Crippen LogP contribution in [0, 0.1) is 5.82 Å². The zero-order chi connectivity index (χ0) is 14.1. The van der Waals surface area contributed by atoms with Crippen LogP contribution in [-0.4, -0.2) is 11.1 Å². The molecule has 2 heterocycles. The van der Waals surface area contributed by atoms with Crippen molar-refractivity contribution in [3.63, 3.8) is 0 Å². The number of rotatable bonds is 2. The Bertz CT molecular complexity index is 648. The summed E-state index contributed by atoms with van der Waals surface area (Å²) in [5.74, 6) is -0.376. The molecule has 0 saturated carbocycles. The van der Waals surface area contributed by atoms with Crippen LogP contribution < -0.4 is 5.32 Å². The third-order valence-electron chi connectivity index (χ3n) is 3.10. The maximum atomic E-state index is 13.3. The fourth-order valence-corrected chi connectivity index (χ4v) is 2.31. The molecule has 1 amide bonds. The first-order chi connectivity index (χ1) is 9.63. The smallest absolute Gasteiger partial charge is 0.408 e. The van der Waals surface area contributed by atoms with E-state index in [9.17, 15) is 9.18 Å². The van der Waals surface area contributed by atoms with Crippen LogP contribution in [0.15, 0.2) is 42.6 Å². The monoisotopic (exact) mass is 292 g/mol. The molecule has 0 aliphatic carbocycles. The fourth-order valence-electron chi connectivity index (χ4n) is 2.19. The molecule has 6 heteroatoms. The molecule has 1 aliphatic heterocycles. The van der Waals surface area contributed by atoms with Crippen LogP contribution in [0.3, 0.4) is 0 Å². The predicted molar refractivity (Wildman–Crippen MR) is 70.7 cm³/mol. The molecule has 20 heavy (non-hydrogen) atoms. The molecular weight excluding hydrogens is 283 g/mol. The van der Waals surface area contributed by atoms with Crippen molar-refractivity contribution in [2.24, 2.45) is 0 Å². The van der Waals surface area contributed by atoms with Gasteiger partial charge in [-0.2, -0.15) is 0 Å². The van der Waals surface area contributed by atoms with E-state index in [1.54, 1.807) is 30.5 Å². The second kappa shape index (κ2) is 5.09. The van der Waals surface area contributed by atoms with Gasteiger partial charge in [0, 0.05) is 6.20 Å². The Morgan fingerprint density at radius 1 is 1.25 bits per heavy atom. The van der Waals surface area contributed by atoms with Gasteiger partial charge in [-0.05, 0) is 29.3 Å². The van der Waals surface area contributed by atoms with Gasteiger partial charge in [-0.3, -0.25) is 0 Å². The van der Waals surface area contributed by atoms with Crippen molar-refractivity contribution in [2.75, 3.05) is 0 Å². The van der Waals surface area contributed by atoms with Crippen molar-refractivity contribution in [1.82, 2.24) is 10.3 Å². The van der Waals surface area contributed by atoms with E-state index < -0.39 is 18.2 Å². The number of hydrogen-bond donors (Lipinski definition) is 1. The maximum absolute atomic E-state index is 13.3. The molecule has 0 radical (unpaired) electrons. The lowest BCUT2D eigenvalue weighted by atomic mass is 9.98. The van der Waals surface area contributed by atoms with Crippen molar-refractivity contribution in [3.05, 3.63) is 64.7 Å². The molecular formula is C14H10ClFN2O2. The molecule has 0 spiro atoms. The van der Waals surface area contributed by atoms with Gasteiger partial charge < -0.3 is 10.1 Å². The highest BCUT2D eigenvalue weighted by molar-refractivity contribution is 6.29. The topological polar surface area (TPSA) is 51.2 Å². The Kier molecular flexibility index (Phi) is 3.28. The van der Waals surface area contributed by atoms with Gasteiger partial charge in [-0.1, -0.05) is 29.8 Å². The third-order valence-corrected chi connectivity index (χ3v) is 3.32. The summed E-state index contributed by atoms with van der Waals surface area (Å²) in [5.41, 5.74) is 1.33. The summed E-state index contributed by atoms with van der Waals surface area (Å²) in [7, 11) is 0. The average molecular weight is 293 g/mol. The highest BCUT2D eigenvalue weighted by Gasteiger charge is 2.36. The fraction of sp³-hybridized carbons (Fsp3) is 0.143. The Morgan fingerprint density at radius 3 is 2.80 bits per heavy atom. The molecule has 0 unspecified atom stereocenters. The molecule has 1 fully saturated rings. The molecule has 1 aromatic heterocycles. The van der Waals surface area contributed by atoms with Crippen molar-refractivity contribution < 1.29 is 13.9 Å². The second-order valence-corrected chi connectivity index (χ2v) is 4.80. The van der Waals surface area contributed by atoms with Crippen LogP contribution in [-0.2, 0) is 4.74 Å². The first kappa shape index (κ1) is 12.9. The summed E-state index contributed by atoms with van der Waals surface area (Å²) >= 11 is 5.74. The lowest BCUT2D eigenvalue weighted by Crippen LogP contribution is -2.19. The summed E-state index contributed by atoms with van der Waals surface area (Å²) in [4.78, 5) is 15.5. The zero-order valence-electron chi connectivity index (χ0n) is 10.2. The lowest BCUT2D eigenvalue weighted by molar-refractivity contribution is 0.132. The predicted octanol–water partition coefficient (Wildman–Crippen LogP) is 3.40. The van der Waals surface area contributed by atoms with Gasteiger partial charge in [-0.25, -0.2) is 14.2 Å². The first-order valence-corrected chi connectivity index (χ1v) is 6.35. The van der Waals surface area contributed by atoms with Gasteiger partial charge in [0.05, 0.1) is 0 Å². The number of alkyl carbamates (subject to hydrolysis) is 1. The van der Waals surface area contributed by atoms with Gasteiger partial charge in [0.2, 0.25) is 0 Å². The number of cyclic esters (lactones) is 1. The Balaban J connectivity index is 1.96. The molecule has 2 atom stereocenters. The first-order valence-electron chi connectivity index (χ1n) is 5.97. The highest BCUT2D eigenvalue weighted by atomic mass is 35.5. The van der Waals surface area contributed by atoms with Crippen LogP contribution in [0.5, 0.6) is 0 Å². The van der Waals surface area contributed by atoms with Crippen LogP contribution in [0.2, 0.25) is 5.15 Å². The third kappa shape index (κ3) is 2.44. The van der Waals surface area contributed by atoms with Crippen LogP contribution >= 0.6 is 11.6 Å². The summed E-state index contributed by atoms with van der Waals surface area (Å²) < 4.78 is 18.5. The summed E-state index contributed by atoms with van der Waals surface area (Å²) in [6.45, 7) is 0. The van der Waals surface area contributed by atoms with E-state index in [2.05, 4.69) is 10.3 Å². The molecule has 3 rings (SSSR count). The van der Waals surface area contributed by atoms with Crippen LogP contribution in [0.25, 0.3) is 0 Å². The minimum absolute atomic E-state index is 0.362. The lowest BCUT2D eigenvalue weighted by Gasteiger charge is -2.17. The molecule has 2 aromatic rings. The van der Waals surface area contributed by atoms with Gasteiger partial charge in [0.1, 0.15) is 17.0 Å². The van der Waals surface area contributed by atoms with Crippen molar-refractivity contribution >= 4 is 17.7 Å². The van der Waals surface area contributed by atoms with Crippen molar-refractivity contribution in [2.45, 2.75) is 12.1 Å². The Labute approximate surface area is 119 Å². The largest absolute Gasteiger partial charge is 0.439 e. The normalized spacial score (nSPS) is 21.4. The number of nitrogens with one attached hydrogen (secondary N) is 1. The molecule has 102 valence electrons. The van der Waals surface area contributed by atoms with Crippen molar-refractivity contribution in [3.8, 4) is 0 Å². The number of aromatic nitrogens is 1. The molecule has 1 aliphatic rings. The number of ether oxygens (including phenoxy) is 1. The van der Waals surface area contributed by atoms with E-state index in [1.807, 2.05) is 0 Å². The standard InChI is InChI=1S/C14H10ClFN2O2/c15-11-5-4-9(7-17-11)12-13(20-14(19)18-12)8-2-1-3-10(16)6-8/h1-7,12-13H,(H,18,19)/t12-,13-/m1/s1. The number of hydrogen-bond acceptors (Lipinski definition) is 3. The molecule has 1 saturated heterocycles. The number of nitrogens with zero attached hydrogens (tertiary/aromatic N) is 1. The Hall–Kier alpha value is -2.14. The summed E-state index contributed by atoms with van der Waals surface area (Å²) in [6.07, 6.45) is 0.425. The summed E-state index contributed by atoms with van der Waals surface area (Å²) in [6, 6.07) is 8.94. The number of carbonyl (C=O) groups is 1. The quantitative estimate of drug-likeness (QED) is 0.863. The van der Waals surface area contributed by atoms with E-state index in [1.165, 1.54) is 12.1 Å². The minimum atomic E-state index is -0.596. The molecule has 1 aromatic carbocycles. The Morgan fingerprint density at radius 2 is 2.10 bits per heavy atom. The number of amides is 1. The van der Waals surface area contributed by atoms with E-state index in [0.29, 0.717) is 10.7 Å².